The summed E-state index contributed by atoms with van der Waals surface area (Å²) in [5.41, 5.74) is 6.32. The standard InChI is InChI=1S/C15H33N3O/c1-6-7-18(9-8-17(4)5)15(12-16)10-13(2)19-14(3)11-15/h13-14H,6-12,16H2,1-5H3. The van der Waals surface area contributed by atoms with Crippen LogP contribution in [0.3, 0.4) is 0 Å². The van der Waals surface area contributed by atoms with E-state index in [2.05, 4.69) is 44.7 Å². The first kappa shape index (κ1) is 16.9. The molecule has 1 aliphatic rings. The van der Waals surface area contributed by atoms with Crippen LogP contribution in [0.4, 0.5) is 0 Å². The van der Waals surface area contributed by atoms with E-state index in [1.54, 1.807) is 0 Å². The van der Waals surface area contributed by atoms with Crippen LogP contribution in [0.25, 0.3) is 0 Å². The van der Waals surface area contributed by atoms with E-state index >= 15 is 0 Å². The largest absolute Gasteiger partial charge is 0.375 e. The monoisotopic (exact) mass is 271 g/mol. The maximum absolute atomic E-state index is 6.19. The van der Waals surface area contributed by atoms with Gasteiger partial charge in [-0.3, -0.25) is 4.90 Å². The van der Waals surface area contributed by atoms with E-state index in [-0.39, 0.29) is 5.54 Å². The summed E-state index contributed by atoms with van der Waals surface area (Å²) in [7, 11) is 4.27. The Kier molecular flexibility index (Phi) is 6.74. The second-order valence-electron chi connectivity index (χ2n) is 6.38. The molecule has 2 N–H and O–H groups in total. The first-order chi connectivity index (χ1) is 8.93. The summed E-state index contributed by atoms with van der Waals surface area (Å²) < 4.78 is 5.90. The molecule has 4 heteroatoms. The average molecular weight is 271 g/mol. The van der Waals surface area contributed by atoms with Crippen molar-refractivity contribution in [2.24, 2.45) is 5.73 Å². The molecule has 0 amide bonds. The van der Waals surface area contributed by atoms with Gasteiger partial charge in [-0.05, 0) is 53.8 Å². The first-order valence-electron chi connectivity index (χ1n) is 7.69. The van der Waals surface area contributed by atoms with Gasteiger partial charge in [-0.25, -0.2) is 0 Å². The molecule has 2 atom stereocenters. The van der Waals surface area contributed by atoms with Crippen LogP contribution < -0.4 is 5.73 Å². The highest BCUT2D eigenvalue weighted by molar-refractivity contribution is 4.97. The minimum Gasteiger partial charge on any atom is -0.375 e. The Morgan fingerprint density at radius 2 is 1.68 bits per heavy atom. The predicted molar refractivity (Wildman–Crippen MR) is 81.4 cm³/mol. The van der Waals surface area contributed by atoms with E-state index in [4.69, 9.17) is 10.5 Å². The van der Waals surface area contributed by atoms with Gasteiger partial charge in [0, 0.05) is 25.2 Å². The summed E-state index contributed by atoms with van der Waals surface area (Å²) in [4.78, 5) is 4.86. The van der Waals surface area contributed by atoms with Crippen molar-refractivity contribution in [2.45, 2.75) is 57.8 Å². The molecule has 0 aromatic heterocycles. The topological polar surface area (TPSA) is 41.7 Å². The van der Waals surface area contributed by atoms with Crippen molar-refractivity contribution >= 4 is 0 Å². The van der Waals surface area contributed by atoms with E-state index in [1.807, 2.05) is 0 Å². The zero-order chi connectivity index (χ0) is 14.5. The molecule has 1 heterocycles. The summed E-state index contributed by atoms with van der Waals surface area (Å²) in [6, 6.07) is 0. The van der Waals surface area contributed by atoms with Crippen molar-refractivity contribution in [3.63, 3.8) is 0 Å². The fourth-order valence-corrected chi connectivity index (χ4v) is 3.38. The van der Waals surface area contributed by atoms with Crippen LogP contribution in [0.15, 0.2) is 0 Å². The van der Waals surface area contributed by atoms with Crippen LogP contribution in [0.1, 0.15) is 40.0 Å². The lowest BCUT2D eigenvalue weighted by atomic mass is 9.82. The molecule has 0 radical (unpaired) electrons. The number of nitrogens with zero attached hydrogens (tertiary/aromatic N) is 2. The van der Waals surface area contributed by atoms with E-state index < -0.39 is 0 Å². The molecule has 0 saturated carbocycles. The Balaban J connectivity index is 2.80. The van der Waals surface area contributed by atoms with Crippen LogP contribution in [-0.2, 0) is 4.74 Å². The third-order valence-corrected chi connectivity index (χ3v) is 4.16. The molecule has 0 aliphatic carbocycles. The Bertz CT molecular complexity index is 248. The minimum atomic E-state index is 0.128. The van der Waals surface area contributed by atoms with Gasteiger partial charge in [0.2, 0.25) is 0 Å². The lowest BCUT2D eigenvalue weighted by Gasteiger charge is -2.50. The highest BCUT2D eigenvalue weighted by Crippen LogP contribution is 2.33. The highest BCUT2D eigenvalue weighted by Gasteiger charge is 2.41. The van der Waals surface area contributed by atoms with E-state index in [0.29, 0.717) is 12.2 Å². The van der Waals surface area contributed by atoms with Gasteiger partial charge in [-0.15, -0.1) is 0 Å². The molecule has 4 nitrogen and oxygen atoms in total. The third-order valence-electron chi connectivity index (χ3n) is 4.16. The van der Waals surface area contributed by atoms with Gasteiger partial charge in [-0.2, -0.15) is 0 Å². The van der Waals surface area contributed by atoms with Crippen LogP contribution in [0.5, 0.6) is 0 Å². The lowest BCUT2D eigenvalue weighted by molar-refractivity contribution is -0.104. The quantitative estimate of drug-likeness (QED) is 0.763. The summed E-state index contributed by atoms with van der Waals surface area (Å²) in [5.74, 6) is 0. The molecule has 0 aromatic rings. The Hall–Kier alpha value is -0.160. The summed E-state index contributed by atoms with van der Waals surface area (Å²) >= 11 is 0. The SMILES string of the molecule is CCCN(CCN(C)C)C1(CN)CC(C)OC(C)C1. The average Bonchev–Trinajstić information content (AvgIpc) is 2.32. The fraction of sp³-hybridized carbons (Fsp3) is 1.00. The van der Waals surface area contributed by atoms with Crippen LogP contribution >= 0.6 is 0 Å². The van der Waals surface area contributed by atoms with E-state index in [0.717, 1.165) is 39.0 Å². The van der Waals surface area contributed by atoms with Crippen molar-refractivity contribution in [1.29, 1.82) is 0 Å². The van der Waals surface area contributed by atoms with Crippen molar-refractivity contribution in [1.82, 2.24) is 9.80 Å². The van der Waals surface area contributed by atoms with Crippen molar-refractivity contribution < 1.29 is 4.74 Å². The normalized spacial score (nSPS) is 32.2. The van der Waals surface area contributed by atoms with Gasteiger partial charge in [-0.1, -0.05) is 6.92 Å². The van der Waals surface area contributed by atoms with Crippen LogP contribution in [0.2, 0.25) is 0 Å². The molecule has 19 heavy (non-hydrogen) atoms. The van der Waals surface area contributed by atoms with Crippen LogP contribution in [0, 0.1) is 0 Å². The molecule has 114 valence electrons. The van der Waals surface area contributed by atoms with E-state index in [9.17, 15) is 0 Å². The van der Waals surface area contributed by atoms with Gasteiger partial charge in [0.1, 0.15) is 0 Å². The molecule has 1 fully saturated rings. The molecule has 0 spiro atoms. The third kappa shape index (κ3) is 4.71. The van der Waals surface area contributed by atoms with Gasteiger partial charge >= 0.3 is 0 Å². The van der Waals surface area contributed by atoms with Crippen molar-refractivity contribution in [2.75, 3.05) is 40.3 Å². The van der Waals surface area contributed by atoms with Gasteiger partial charge in [0.05, 0.1) is 12.2 Å². The fourth-order valence-electron chi connectivity index (χ4n) is 3.38. The molecular formula is C15H33N3O. The predicted octanol–water partition coefficient (Wildman–Crippen LogP) is 1.54. The molecule has 0 aromatic carbocycles. The highest BCUT2D eigenvalue weighted by atomic mass is 16.5. The summed E-state index contributed by atoms with van der Waals surface area (Å²) in [6.45, 7) is 10.6. The molecular weight excluding hydrogens is 238 g/mol. The van der Waals surface area contributed by atoms with Crippen molar-refractivity contribution in [3.05, 3.63) is 0 Å². The zero-order valence-corrected chi connectivity index (χ0v) is 13.5. The van der Waals surface area contributed by atoms with Crippen LogP contribution in [-0.4, -0.2) is 67.8 Å². The molecule has 0 bridgehead atoms. The first-order valence-corrected chi connectivity index (χ1v) is 7.69. The second-order valence-corrected chi connectivity index (χ2v) is 6.38. The van der Waals surface area contributed by atoms with Gasteiger partial charge in [0.25, 0.3) is 0 Å². The summed E-state index contributed by atoms with van der Waals surface area (Å²) in [6.07, 6.45) is 3.92. The molecule has 2 unspecified atom stereocenters. The number of hydrogen-bond donors (Lipinski definition) is 1. The maximum Gasteiger partial charge on any atom is 0.0568 e. The van der Waals surface area contributed by atoms with Crippen molar-refractivity contribution in [3.8, 4) is 0 Å². The molecule has 1 saturated heterocycles. The number of rotatable bonds is 7. The minimum absolute atomic E-state index is 0.128. The second kappa shape index (κ2) is 7.58. The molecule has 1 rings (SSSR count). The Labute approximate surface area is 119 Å². The number of hydrogen-bond acceptors (Lipinski definition) is 4. The number of likely N-dealkylation sites (N-methyl/N-ethyl adjacent to an activating group) is 1. The van der Waals surface area contributed by atoms with Gasteiger partial charge < -0.3 is 15.4 Å². The molecule has 1 aliphatic heterocycles. The Morgan fingerprint density at radius 1 is 1.11 bits per heavy atom. The Morgan fingerprint density at radius 3 is 2.11 bits per heavy atom. The number of ether oxygens (including phenoxy) is 1. The zero-order valence-electron chi connectivity index (χ0n) is 13.5. The van der Waals surface area contributed by atoms with E-state index in [1.165, 1.54) is 6.42 Å². The van der Waals surface area contributed by atoms with Gasteiger partial charge in [0.15, 0.2) is 0 Å². The maximum atomic E-state index is 6.19. The summed E-state index contributed by atoms with van der Waals surface area (Å²) in [5, 5.41) is 0. The number of nitrogens with two attached hydrogens (primary N) is 1. The smallest absolute Gasteiger partial charge is 0.0568 e. The lowest BCUT2D eigenvalue weighted by Crippen LogP contribution is -2.60.